The normalized spacial score (nSPS) is 9.80. The Balaban J connectivity index is 3.53. The summed E-state index contributed by atoms with van der Waals surface area (Å²) in [5.74, 6) is -0.301. The van der Waals surface area contributed by atoms with Crippen molar-refractivity contribution < 1.29 is 18.3 Å². The molecule has 0 fully saturated rings. The van der Waals surface area contributed by atoms with Crippen LogP contribution in [-0.4, -0.2) is 18.4 Å². The van der Waals surface area contributed by atoms with Crippen molar-refractivity contribution in [3.63, 3.8) is 0 Å². The molecule has 15 heavy (non-hydrogen) atoms. The van der Waals surface area contributed by atoms with Crippen LogP contribution in [0.5, 0.6) is 5.75 Å². The van der Waals surface area contributed by atoms with Gasteiger partial charge in [0.05, 0.1) is 12.7 Å². The Kier molecular flexibility index (Phi) is 3.29. The van der Waals surface area contributed by atoms with Crippen LogP contribution < -0.4 is 4.74 Å². The number of methoxy groups -OCH3 is 1. The van der Waals surface area contributed by atoms with E-state index in [4.69, 9.17) is 5.26 Å². The minimum Gasteiger partial charge on any atom is -0.495 e. The highest BCUT2D eigenvalue weighted by Gasteiger charge is 2.22. The SMILES string of the molecule is COc1c(C#N)cnc(C=O)c1C(F)F. The predicted molar refractivity (Wildman–Crippen MR) is 45.8 cm³/mol. The van der Waals surface area contributed by atoms with Gasteiger partial charge in [0.1, 0.15) is 23.1 Å². The first-order valence-electron chi connectivity index (χ1n) is 3.86. The zero-order valence-electron chi connectivity index (χ0n) is 7.70. The fourth-order valence-electron chi connectivity index (χ4n) is 1.13. The van der Waals surface area contributed by atoms with Gasteiger partial charge in [0, 0.05) is 6.20 Å². The molecule has 0 aromatic carbocycles. The molecule has 1 heterocycles. The van der Waals surface area contributed by atoms with E-state index >= 15 is 0 Å². The van der Waals surface area contributed by atoms with Crippen molar-refractivity contribution in [1.29, 1.82) is 5.26 Å². The number of carbonyl (C=O) groups excluding carboxylic acids is 1. The molecule has 0 amide bonds. The number of hydrogen-bond donors (Lipinski definition) is 0. The van der Waals surface area contributed by atoms with Gasteiger partial charge in [-0.15, -0.1) is 0 Å². The smallest absolute Gasteiger partial charge is 0.269 e. The van der Waals surface area contributed by atoms with Crippen molar-refractivity contribution >= 4 is 6.29 Å². The molecule has 0 saturated heterocycles. The van der Waals surface area contributed by atoms with Gasteiger partial charge in [-0.3, -0.25) is 9.78 Å². The second kappa shape index (κ2) is 4.46. The molecule has 1 aromatic heterocycles. The number of aldehydes is 1. The second-order valence-electron chi connectivity index (χ2n) is 2.53. The number of aromatic nitrogens is 1. The summed E-state index contributed by atoms with van der Waals surface area (Å²) >= 11 is 0. The number of hydrogen-bond acceptors (Lipinski definition) is 4. The average molecular weight is 212 g/mol. The highest BCUT2D eigenvalue weighted by Crippen LogP contribution is 2.32. The van der Waals surface area contributed by atoms with Crippen LogP contribution in [0.4, 0.5) is 8.78 Å². The lowest BCUT2D eigenvalue weighted by Crippen LogP contribution is -2.03. The molecule has 0 aliphatic heterocycles. The van der Waals surface area contributed by atoms with E-state index in [2.05, 4.69) is 9.72 Å². The van der Waals surface area contributed by atoms with Crippen molar-refractivity contribution in [2.24, 2.45) is 0 Å². The molecule has 0 aliphatic carbocycles. The Morgan fingerprint density at radius 3 is 2.73 bits per heavy atom. The molecular formula is C9H6F2N2O2. The van der Waals surface area contributed by atoms with Crippen LogP contribution in [0.15, 0.2) is 6.20 Å². The van der Waals surface area contributed by atoms with Crippen LogP contribution in [0, 0.1) is 11.3 Å². The van der Waals surface area contributed by atoms with Gasteiger partial charge in [0.2, 0.25) is 0 Å². The minimum absolute atomic E-state index is 0.126. The van der Waals surface area contributed by atoms with Crippen molar-refractivity contribution in [1.82, 2.24) is 4.98 Å². The summed E-state index contributed by atoms with van der Waals surface area (Å²) in [5.41, 5.74) is -1.19. The molecule has 1 aromatic rings. The van der Waals surface area contributed by atoms with Gasteiger partial charge < -0.3 is 4.74 Å². The summed E-state index contributed by atoms with van der Waals surface area (Å²) in [4.78, 5) is 13.9. The first-order valence-corrected chi connectivity index (χ1v) is 3.86. The molecule has 0 aliphatic rings. The van der Waals surface area contributed by atoms with Crippen LogP contribution >= 0.6 is 0 Å². The zero-order valence-corrected chi connectivity index (χ0v) is 7.70. The number of halogens is 2. The number of alkyl halides is 2. The second-order valence-corrected chi connectivity index (χ2v) is 2.53. The largest absolute Gasteiger partial charge is 0.495 e. The molecule has 6 heteroatoms. The van der Waals surface area contributed by atoms with Crippen LogP contribution in [0.1, 0.15) is 28.0 Å². The fraction of sp³-hybridized carbons (Fsp3) is 0.222. The first kappa shape index (κ1) is 11.0. The maximum Gasteiger partial charge on any atom is 0.269 e. The maximum absolute atomic E-state index is 12.6. The van der Waals surface area contributed by atoms with Gasteiger partial charge >= 0.3 is 0 Å². The van der Waals surface area contributed by atoms with E-state index in [1.165, 1.54) is 0 Å². The molecule has 0 spiro atoms. The van der Waals surface area contributed by atoms with Crippen LogP contribution in [-0.2, 0) is 0 Å². The molecule has 0 saturated carbocycles. The molecule has 0 bridgehead atoms. The van der Waals surface area contributed by atoms with Crippen molar-refractivity contribution in [2.75, 3.05) is 7.11 Å². The fourth-order valence-corrected chi connectivity index (χ4v) is 1.13. The van der Waals surface area contributed by atoms with Crippen molar-refractivity contribution in [3.8, 4) is 11.8 Å². The monoisotopic (exact) mass is 212 g/mol. The maximum atomic E-state index is 12.6. The Hall–Kier alpha value is -2.03. The molecule has 1 rings (SSSR count). The Bertz CT molecular complexity index is 427. The molecular weight excluding hydrogens is 206 g/mol. The summed E-state index contributed by atoms with van der Waals surface area (Å²) in [5, 5.41) is 8.62. The van der Waals surface area contributed by atoms with E-state index in [-0.39, 0.29) is 17.6 Å². The summed E-state index contributed by atoms with van der Waals surface area (Å²) in [6, 6.07) is 1.66. The van der Waals surface area contributed by atoms with Crippen LogP contribution in [0.2, 0.25) is 0 Å². The minimum atomic E-state index is -2.92. The summed E-state index contributed by atoms with van der Waals surface area (Å²) in [7, 11) is 1.15. The Labute approximate surface area is 84.1 Å². The number of rotatable bonds is 3. The first-order chi connectivity index (χ1) is 7.15. The molecule has 78 valence electrons. The molecule has 0 radical (unpaired) electrons. The average Bonchev–Trinajstić information content (AvgIpc) is 2.26. The van der Waals surface area contributed by atoms with Crippen molar-refractivity contribution in [2.45, 2.75) is 6.43 Å². The lowest BCUT2D eigenvalue weighted by molar-refractivity contribution is 0.109. The van der Waals surface area contributed by atoms with Gasteiger partial charge in [0.15, 0.2) is 6.29 Å². The molecule has 0 atom stereocenters. The molecule has 0 unspecified atom stereocenters. The van der Waals surface area contributed by atoms with E-state index in [9.17, 15) is 13.6 Å². The number of ether oxygens (including phenoxy) is 1. The van der Waals surface area contributed by atoms with Gasteiger partial charge in [-0.2, -0.15) is 5.26 Å². The quantitative estimate of drug-likeness (QED) is 0.715. The van der Waals surface area contributed by atoms with E-state index in [0.717, 1.165) is 13.3 Å². The number of nitrogens with zero attached hydrogens (tertiary/aromatic N) is 2. The van der Waals surface area contributed by atoms with E-state index in [1.54, 1.807) is 6.07 Å². The lowest BCUT2D eigenvalue weighted by Gasteiger charge is -2.10. The Morgan fingerprint density at radius 1 is 1.67 bits per heavy atom. The van der Waals surface area contributed by atoms with Crippen LogP contribution in [0.3, 0.4) is 0 Å². The third-order valence-electron chi connectivity index (χ3n) is 1.75. The number of nitriles is 1. The Morgan fingerprint density at radius 2 is 2.33 bits per heavy atom. The van der Waals surface area contributed by atoms with Gasteiger partial charge in [0.25, 0.3) is 6.43 Å². The number of pyridine rings is 1. The van der Waals surface area contributed by atoms with Crippen LogP contribution in [0.25, 0.3) is 0 Å². The van der Waals surface area contributed by atoms with Gasteiger partial charge in [-0.1, -0.05) is 0 Å². The third kappa shape index (κ3) is 1.91. The molecule has 4 nitrogen and oxygen atoms in total. The topological polar surface area (TPSA) is 63.0 Å². The standard InChI is InChI=1S/C9H6F2N2O2/c1-15-8-5(2-12)3-13-6(4-14)7(8)9(10)11/h3-4,9H,1H3. The highest BCUT2D eigenvalue weighted by atomic mass is 19.3. The van der Waals surface area contributed by atoms with Crippen molar-refractivity contribution in [3.05, 3.63) is 23.0 Å². The van der Waals surface area contributed by atoms with E-state index in [1.807, 2.05) is 0 Å². The third-order valence-corrected chi connectivity index (χ3v) is 1.75. The highest BCUT2D eigenvalue weighted by molar-refractivity contribution is 5.76. The van der Waals surface area contributed by atoms with Gasteiger partial charge in [-0.25, -0.2) is 8.78 Å². The zero-order chi connectivity index (χ0) is 11.4. The van der Waals surface area contributed by atoms with E-state index in [0.29, 0.717) is 0 Å². The summed E-state index contributed by atoms with van der Waals surface area (Å²) < 4.78 is 29.8. The van der Waals surface area contributed by atoms with E-state index < -0.39 is 17.7 Å². The lowest BCUT2D eigenvalue weighted by atomic mass is 10.1. The molecule has 0 N–H and O–H groups in total. The summed E-state index contributed by atoms with van der Waals surface area (Å²) in [6.45, 7) is 0. The summed E-state index contributed by atoms with van der Waals surface area (Å²) in [6.07, 6.45) is -1.69. The number of carbonyl (C=O) groups is 1. The predicted octanol–water partition coefficient (Wildman–Crippen LogP) is 1.71. The van der Waals surface area contributed by atoms with Gasteiger partial charge in [-0.05, 0) is 0 Å².